The Balaban J connectivity index is 1.74. The van der Waals surface area contributed by atoms with Crippen molar-refractivity contribution in [3.8, 4) is 0 Å². The maximum atomic E-state index is 12.9. The predicted octanol–water partition coefficient (Wildman–Crippen LogP) is 0.168. The van der Waals surface area contributed by atoms with Gasteiger partial charge in [-0.05, 0) is 33.6 Å². The van der Waals surface area contributed by atoms with Gasteiger partial charge in [0.25, 0.3) is 10.2 Å². The molecule has 3 unspecified atom stereocenters. The summed E-state index contributed by atoms with van der Waals surface area (Å²) in [4.78, 5) is 14.5. The van der Waals surface area contributed by atoms with Gasteiger partial charge in [-0.25, -0.2) is 0 Å². The van der Waals surface area contributed by atoms with E-state index in [0.717, 1.165) is 12.1 Å². The van der Waals surface area contributed by atoms with Crippen LogP contribution in [0.3, 0.4) is 0 Å². The number of ether oxygens (including phenoxy) is 1. The second-order valence-corrected chi connectivity index (χ2v) is 8.85. The van der Waals surface area contributed by atoms with Crippen LogP contribution in [0.15, 0.2) is 6.07 Å². The number of aromatic nitrogens is 2. The molecule has 2 saturated heterocycles. The minimum atomic E-state index is -3.76. The van der Waals surface area contributed by atoms with E-state index in [-0.39, 0.29) is 31.2 Å². The van der Waals surface area contributed by atoms with Gasteiger partial charge < -0.3 is 4.74 Å². The van der Waals surface area contributed by atoms with Gasteiger partial charge in [0.2, 0.25) is 5.91 Å². The van der Waals surface area contributed by atoms with Gasteiger partial charge in [-0.1, -0.05) is 0 Å². The molecular formula is C16H27N5O4S. The largest absolute Gasteiger partial charge is 0.373 e. The van der Waals surface area contributed by atoms with E-state index in [2.05, 4.69) is 9.82 Å². The van der Waals surface area contributed by atoms with Crippen molar-refractivity contribution in [3.63, 3.8) is 0 Å². The minimum Gasteiger partial charge on any atom is -0.373 e. The molecular weight excluding hydrogens is 358 g/mol. The van der Waals surface area contributed by atoms with E-state index in [4.69, 9.17) is 4.74 Å². The normalized spacial score (nSPS) is 28.5. The monoisotopic (exact) mass is 385 g/mol. The fourth-order valence-corrected chi connectivity index (χ4v) is 5.18. The molecule has 0 aromatic carbocycles. The van der Waals surface area contributed by atoms with Crippen LogP contribution in [0.5, 0.6) is 0 Å². The molecule has 2 aliphatic heterocycles. The van der Waals surface area contributed by atoms with E-state index in [0.29, 0.717) is 18.8 Å². The highest BCUT2D eigenvalue weighted by molar-refractivity contribution is 7.87. The molecule has 1 N–H and O–H groups in total. The minimum absolute atomic E-state index is 0.175. The van der Waals surface area contributed by atoms with Gasteiger partial charge >= 0.3 is 0 Å². The van der Waals surface area contributed by atoms with Gasteiger partial charge in [0.1, 0.15) is 11.9 Å². The quantitative estimate of drug-likeness (QED) is 0.797. The Morgan fingerprint density at radius 1 is 1.27 bits per heavy atom. The number of hydrogen-bond donors (Lipinski definition) is 1. The lowest BCUT2D eigenvalue weighted by molar-refractivity contribution is -0.121. The molecule has 3 heterocycles. The van der Waals surface area contributed by atoms with E-state index >= 15 is 0 Å². The molecule has 2 aliphatic rings. The molecule has 2 fully saturated rings. The van der Waals surface area contributed by atoms with Crippen LogP contribution in [-0.4, -0.2) is 66.3 Å². The van der Waals surface area contributed by atoms with Gasteiger partial charge in [-0.15, -0.1) is 0 Å². The van der Waals surface area contributed by atoms with E-state index in [9.17, 15) is 13.2 Å². The third-order valence-electron chi connectivity index (χ3n) is 4.71. The van der Waals surface area contributed by atoms with Crippen LogP contribution in [0.2, 0.25) is 0 Å². The number of nitrogens with zero attached hydrogens (tertiary/aromatic N) is 4. The van der Waals surface area contributed by atoms with E-state index in [1.165, 1.54) is 4.31 Å². The molecule has 26 heavy (non-hydrogen) atoms. The Labute approximate surface area is 154 Å². The molecule has 1 aromatic heterocycles. The van der Waals surface area contributed by atoms with Crippen LogP contribution < -0.4 is 9.62 Å². The summed E-state index contributed by atoms with van der Waals surface area (Å²) >= 11 is 0. The number of nitrogens with one attached hydrogen (secondary N) is 1. The first-order valence-electron chi connectivity index (χ1n) is 8.92. The first-order chi connectivity index (χ1) is 12.2. The number of carbonyl (C=O) groups is 1. The van der Waals surface area contributed by atoms with E-state index < -0.39 is 16.3 Å². The van der Waals surface area contributed by atoms with Crippen LogP contribution >= 0.6 is 0 Å². The smallest absolute Gasteiger partial charge is 0.280 e. The number of hydrogen-bond acceptors (Lipinski definition) is 5. The van der Waals surface area contributed by atoms with Crippen molar-refractivity contribution in [3.05, 3.63) is 11.8 Å². The van der Waals surface area contributed by atoms with Crippen LogP contribution in [0.4, 0.5) is 5.82 Å². The molecule has 10 heteroatoms. The molecule has 3 atom stereocenters. The standard InChI is InChI=1S/C16H27N5O4S/c1-11-8-15(19(4)17-11)21-7-5-6-14(16(21)22)18-26(23,24)20-9-12(2)25-13(3)10-20/h8,12-14,18H,5-7,9-10H2,1-4H3. The lowest BCUT2D eigenvalue weighted by Crippen LogP contribution is -2.58. The highest BCUT2D eigenvalue weighted by Crippen LogP contribution is 2.23. The van der Waals surface area contributed by atoms with E-state index in [1.54, 1.807) is 16.6 Å². The topological polar surface area (TPSA) is 96.8 Å². The average molecular weight is 385 g/mol. The highest BCUT2D eigenvalue weighted by Gasteiger charge is 2.37. The van der Waals surface area contributed by atoms with Crippen LogP contribution in [0.25, 0.3) is 0 Å². The number of amides is 1. The summed E-state index contributed by atoms with van der Waals surface area (Å²) in [7, 11) is -1.98. The van der Waals surface area contributed by atoms with Crippen molar-refractivity contribution in [2.24, 2.45) is 7.05 Å². The molecule has 0 bridgehead atoms. The van der Waals surface area contributed by atoms with Gasteiger partial charge in [-0.2, -0.15) is 22.5 Å². The van der Waals surface area contributed by atoms with Gasteiger partial charge in [0, 0.05) is 32.7 Å². The molecule has 0 radical (unpaired) electrons. The third kappa shape index (κ3) is 3.93. The maximum Gasteiger partial charge on any atom is 0.280 e. The van der Waals surface area contributed by atoms with Crippen molar-refractivity contribution in [1.29, 1.82) is 0 Å². The fraction of sp³-hybridized carbons (Fsp3) is 0.750. The number of rotatable bonds is 4. The zero-order chi connectivity index (χ0) is 19.1. The molecule has 9 nitrogen and oxygen atoms in total. The molecule has 1 aromatic rings. The van der Waals surface area contributed by atoms with Crippen molar-refractivity contribution < 1.29 is 17.9 Å². The van der Waals surface area contributed by atoms with Gasteiger partial charge in [0.15, 0.2) is 0 Å². The Hall–Kier alpha value is -1.49. The zero-order valence-electron chi connectivity index (χ0n) is 15.7. The Morgan fingerprint density at radius 2 is 1.92 bits per heavy atom. The van der Waals surface area contributed by atoms with Gasteiger partial charge in [-0.3, -0.25) is 14.4 Å². The summed E-state index contributed by atoms with van der Waals surface area (Å²) in [6.45, 7) is 6.67. The highest BCUT2D eigenvalue weighted by atomic mass is 32.2. The first-order valence-corrected chi connectivity index (χ1v) is 10.4. The first kappa shape index (κ1) is 19.3. The van der Waals surface area contributed by atoms with E-state index in [1.807, 2.05) is 26.8 Å². The number of piperidine rings is 1. The number of anilines is 1. The van der Waals surface area contributed by atoms with Crippen LogP contribution in [-0.2, 0) is 26.8 Å². The number of morpholine rings is 1. The summed E-state index contributed by atoms with van der Waals surface area (Å²) in [6.07, 6.45) is 0.859. The van der Waals surface area contributed by atoms with Crippen LogP contribution in [0.1, 0.15) is 32.4 Å². The summed E-state index contributed by atoms with van der Waals surface area (Å²) in [6, 6.07) is 1.07. The third-order valence-corrected chi connectivity index (χ3v) is 6.27. The molecule has 146 valence electrons. The second-order valence-electron chi connectivity index (χ2n) is 7.15. The summed E-state index contributed by atoms with van der Waals surface area (Å²) in [5.41, 5.74) is 0.814. The number of aryl methyl sites for hydroxylation is 2. The predicted molar refractivity (Wildman–Crippen MR) is 97.0 cm³/mol. The van der Waals surface area contributed by atoms with Crippen molar-refractivity contribution in [1.82, 2.24) is 18.8 Å². The summed E-state index contributed by atoms with van der Waals surface area (Å²) in [5.74, 6) is 0.446. The molecule has 3 rings (SSSR count). The molecule has 0 saturated carbocycles. The maximum absolute atomic E-state index is 12.9. The van der Waals surface area contributed by atoms with Crippen molar-refractivity contribution in [2.75, 3.05) is 24.5 Å². The Morgan fingerprint density at radius 3 is 2.50 bits per heavy atom. The zero-order valence-corrected chi connectivity index (χ0v) is 16.5. The van der Waals surface area contributed by atoms with Crippen molar-refractivity contribution in [2.45, 2.75) is 51.9 Å². The van der Waals surface area contributed by atoms with Crippen molar-refractivity contribution >= 4 is 21.9 Å². The molecule has 0 spiro atoms. The average Bonchev–Trinajstić information content (AvgIpc) is 2.87. The summed E-state index contributed by atoms with van der Waals surface area (Å²) in [5, 5.41) is 4.27. The lowest BCUT2D eigenvalue weighted by Gasteiger charge is -2.37. The van der Waals surface area contributed by atoms with Crippen LogP contribution in [0, 0.1) is 6.92 Å². The lowest BCUT2D eigenvalue weighted by atomic mass is 10.1. The summed E-state index contributed by atoms with van der Waals surface area (Å²) < 4.78 is 36.8. The second kappa shape index (κ2) is 7.26. The number of carbonyl (C=O) groups excluding carboxylic acids is 1. The Bertz CT molecular complexity index is 768. The SMILES string of the molecule is Cc1cc(N2CCCC(NS(=O)(=O)N3CC(C)OC(C)C3)C2=O)n(C)n1. The Kier molecular flexibility index (Phi) is 5.38. The molecule has 0 aliphatic carbocycles. The fourth-order valence-electron chi connectivity index (χ4n) is 3.64. The molecule has 1 amide bonds. The van der Waals surface area contributed by atoms with Gasteiger partial charge in [0.05, 0.1) is 17.9 Å².